The maximum Gasteiger partial charge on any atom is 0.0234 e. The first-order chi connectivity index (χ1) is 4.47. The molecule has 0 amide bonds. The van der Waals surface area contributed by atoms with Gasteiger partial charge in [0.1, 0.15) is 0 Å². The highest BCUT2D eigenvalue weighted by Crippen LogP contribution is 2.36. The first-order valence-electron chi connectivity index (χ1n) is 3.62. The van der Waals surface area contributed by atoms with E-state index in [1.54, 1.807) is 11.9 Å². The van der Waals surface area contributed by atoms with Crippen LogP contribution < -0.4 is 0 Å². The van der Waals surface area contributed by atoms with Crippen LogP contribution in [0.5, 0.6) is 0 Å². The van der Waals surface area contributed by atoms with Crippen molar-refractivity contribution < 1.29 is 0 Å². The highest BCUT2D eigenvalue weighted by Gasteiger charge is 2.27. The van der Waals surface area contributed by atoms with Crippen molar-refractivity contribution in [2.24, 2.45) is 16.2 Å². The Labute approximate surface area is 60.1 Å². The molecular weight excluding hydrogens is 130 g/mol. The molecule has 0 saturated heterocycles. The molecule has 1 heterocycles. The Morgan fingerprint density at radius 2 is 2.33 bits per heavy atom. The number of nitrogens with zero attached hydrogens (tertiary/aromatic N) is 1. The van der Waals surface area contributed by atoms with Crippen LogP contribution in [0.4, 0.5) is 0 Å². The van der Waals surface area contributed by atoms with Gasteiger partial charge in [0.2, 0.25) is 0 Å². The van der Waals surface area contributed by atoms with Gasteiger partial charge in [-0.2, -0.15) is 0 Å². The lowest BCUT2D eigenvalue weighted by atomic mass is 9.77. The third-order valence-corrected chi connectivity index (χ3v) is 3.15. The van der Waals surface area contributed by atoms with Gasteiger partial charge in [0.05, 0.1) is 0 Å². The minimum Gasteiger partial charge on any atom is -0.229 e. The van der Waals surface area contributed by atoms with E-state index in [9.17, 15) is 0 Å². The molecule has 2 rings (SSSR count). The van der Waals surface area contributed by atoms with Crippen molar-refractivity contribution in [2.75, 3.05) is 5.75 Å². The summed E-state index contributed by atoms with van der Waals surface area (Å²) >= 11 is 1.73. The molecule has 2 heteroatoms. The van der Waals surface area contributed by atoms with Crippen molar-refractivity contribution in [3.05, 3.63) is 0 Å². The summed E-state index contributed by atoms with van der Waals surface area (Å²) in [6.45, 7) is 0. The summed E-state index contributed by atoms with van der Waals surface area (Å²) in [7, 11) is 0. The SMILES string of the molecule is C1=NSCC1C1CCC1. The van der Waals surface area contributed by atoms with Gasteiger partial charge in [-0.3, -0.25) is 0 Å². The van der Waals surface area contributed by atoms with Crippen molar-refractivity contribution in [1.29, 1.82) is 0 Å². The molecule has 1 aliphatic heterocycles. The predicted octanol–water partition coefficient (Wildman–Crippen LogP) is 2.14. The lowest BCUT2D eigenvalue weighted by Crippen LogP contribution is -2.22. The van der Waals surface area contributed by atoms with Gasteiger partial charge in [-0.1, -0.05) is 6.42 Å². The van der Waals surface area contributed by atoms with E-state index in [4.69, 9.17) is 0 Å². The monoisotopic (exact) mass is 141 g/mol. The van der Waals surface area contributed by atoms with Crippen LogP contribution in [0.2, 0.25) is 0 Å². The highest BCUT2D eigenvalue weighted by molar-refractivity contribution is 7.98. The molecule has 0 aromatic heterocycles. The average molecular weight is 141 g/mol. The van der Waals surface area contributed by atoms with Crippen molar-refractivity contribution >= 4 is 18.2 Å². The molecule has 0 aromatic rings. The van der Waals surface area contributed by atoms with Gasteiger partial charge < -0.3 is 0 Å². The molecule has 1 unspecified atom stereocenters. The second-order valence-corrected chi connectivity index (χ2v) is 3.71. The zero-order valence-electron chi connectivity index (χ0n) is 5.42. The van der Waals surface area contributed by atoms with Gasteiger partial charge in [0.15, 0.2) is 0 Å². The predicted molar refractivity (Wildman–Crippen MR) is 41.8 cm³/mol. The summed E-state index contributed by atoms with van der Waals surface area (Å²) in [6.07, 6.45) is 6.52. The summed E-state index contributed by atoms with van der Waals surface area (Å²) in [5, 5.41) is 0. The molecule has 0 spiro atoms. The standard InChI is InChI=1S/C7H11NS/c1-2-6(3-1)7-4-8-9-5-7/h4,6-7H,1-3,5H2. The van der Waals surface area contributed by atoms with E-state index >= 15 is 0 Å². The molecule has 2 aliphatic rings. The van der Waals surface area contributed by atoms with E-state index in [2.05, 4.69) is 10.6 Å². The fourth-order valence-electron chi connectivity index (χ4n) is 1.42. The second kappa shape index (κ2) is 2.33. The molecule has 1 saturated carbocycles. The van der Waals surface area contributed by atoms with Crippen LogP contribution in [0.3, 0.4) is 0 Å². The topological polar surface area (TPSA) is 12.4 Å². The Morgan fingerprint density at radius 3 is 2.78 bits per heavy atom. The highest BCUT2D eigenvalue weighted by atomic mass is 32.2. The third-order valence-electron chi connectivity index (χ3n) is 2.35. The molecule has 9 heavy (non-hydrogen) atoms. The lowest BCUT2D eigenvalue weighted by molar-refractivity contribution is 0.275. The van der Waals surface area contributed by atoms with Gasteiger partial charge in [0, 0.05) is 17.9 Å². The first kappa shape index (κ1) is 5.78. The molecule has 0 radical (unpaired) electrons. The van der Waals surface area contributed by atoms with Crippen LogP contribution >= 0.6 is 11.9 Å². The molecule has 0 bridgehead atoms. The van der Waals surface area contributed by atoms with Crippen molar-refractivity contribution in [3.63, 3.8) is 0 Å². The van der Waals surface area contributed by atoms with Crippen LogP contribution in [0.15, 0.2) is 4.40 Å². The number of rotatable bonds is 1. The second-order valence-electron chi connectivity index (χ2n) is 2.91. The van der Waals surface area contributed by atoms with Crippen molar-refractivity contribution in [2.45, 2.75) is 19.3 Å². The van der Waals surface area contributed by atoms with Crippen LogP contribution in [-0.4, -0.2) is 12.0 Å². The fourth-order valence-corrected chi connectivity index (χ4v) is 2.28. The lowest BCUT2D eigenvalue weighted by Gasteiger charge is -2.28. The molecule has 1 fully saturated rings. The van der Waals surface area contributed by atoms with Gasteiger partial charge in [-0.25, -0.2) is 4.40 Å². The van der Waals surface area contributed by atoms with E-state index in [0.29, 0.717) is 0 Å². The maximum absolute atomic E-state index is 4.16. The molecule has 1 aliphatic carbocycles. The maximum atomic E-state index is 4.16. The van der Waals surface area contributed by atoms with Crippen molar-refractivity contribution in [1.82, 2.24) is 0 Å². The van der Waals surface area contributed by atoms with Crippen LogP contribution in [0.1, 0.15) is 19.3 Å². The minimum atomic E-state index is 0.837. The van der Waals surface area contributed by atoms with Crippen LogP contribution in [0.25, 0.3) is 0 Å². The molecular formula is C7H11NS. The van der Waals surface area contributed by atoms with Crippen LogP contribution in [-0.2, 0) is 0 Å². The van der Waals surface area contributed by atoms with E-state index in [-0.39, 0.29) is 0 Å². The smallest absolute Gasteiger partial charge is 0.0234 e. The quantitative estimate of drug-likeness (QED) is 0.510. The largest absolute Gasteiger partial charge is 0.229 e. The molecule has 1 atom stereocenters. The summed E-state index contributed by atoms with van der Waals surface area (Å²) in [4.78, 5) is 0. The first-order valence-corrected chi connectivity index (χ1v) is 4.56. The summed E-state index contributed by atoms with van der Waals surface area (Å²) < 4.78 is 4.16. The summed E-state index contributed by atoms with van der Waals surface area (Å²) in [6, 6.07) is 0. The van der Waals surface area contributed by atoms with Crippen LogP contribution in [0, 0.1) is 11.8 Å². The van der Waals surface area contributed by atoms with E-state index in [1.165, 1.54) is 25.0 Å². The Bertz CT molecular complexity index is 129. The van der Waals surface area contributed by atoms with Gasteiger partial charge in [-0.15, -0.1) is 0 Å². The van der Waals surface area contributed by atoms with E-state index in [0.717, 1.165) is 11.8 Å². The Kier molecular flexibility index (Phi) is 1.50. The zero-order valence-corrected chi connectivity index (χ0v) is 6.23. The van der Waals surface area contributed by atoms with Gasteiger partial charge >= 0.3 is 0 Å². The van der Waals surface area contributed by atoms with Gasteiger partial charge in [-0.05, 0) is 30.7 Å². The Balaban J connectivity index is 1.89. The average Bonchev–Trinajstić information content (AvgIpc) is 2.11. The van der Waals surface area contributed by atoms with E-state index < -0.39 is 0 Å². The Hall–Kier alpha value is 0.0200. The zero-order chi connectivity index (χ0) is 6.10. The van der Waals surface area contributed by atoms with E-state index in [1.807, 2.05) is 0 Å². The third kappa shape index (κ3) is 1.00. The normalized spacial score (nSPS) is 34.9. The summed E-state index contributed by atoms with van der Waals surface area (Å²) in [5.74, 6) is 3.09. The molecule has 0 N–H and O–H groups in total. The van der Waals surface area contributed by atoms with Gasteiger partial charge in [0.25, 0.3) is 0 Å². The molecule has 0 aromatic carbocycles. The summed E-state index contributed by atoms with van der Waals surface area (Å²) in [5.41, 5.74) is 0. The van der Waals surface area contributed by atoms with Crippen molar-refractivity contribution in [3.8, 4) is 0 Å². The minimum absolute atomic E-state index is 0.837. The molecule has 1 nitrogen and oxygen atoms in total. The number of hydrogen-bond acceptors (Lipinski definition) is 2. The Morgan fingerprint density at radius 1 is 1.44 bits per heavy atom. The molecule has 50 valence electrons. The number of hydrogen-bond donors (Lipinski definition) is 0. The fraction of sp³-hybridized carbons (Fsp3) is 0.857.